The largest absolute Gasteiger partial charge is 0.321 e. The molecule has 0 heterocycles. The van der Waals surface area contributed by atoms with Gasteiger partial charge in [-0.3, -0.25) is 0 Å². The van der Waals surface area contributed by atoms with Crippen LogP contribution in [0.4, 0.5) is 0 Å². The van der Waals surface area contributed by atoms with Gasteiger partial charge in [0.1, 0.15) is 0 Å². The Bertz CT molecular complexity index is 410. The fourth-order valence-corrected chi connectivity index (χ4v) is 3.18. The number of nitrogens with two attached hydrogens (primary N) is 1. The Morgan fingerprint density at radius 1 is 1.18 bits per heavy atom. The quantitative estimate of drug-likeness (QED) is 0.779. The van der Waals surface area contributed by atoms with Gasteiger partial charge in [0, 0.05) is 5.54 Å². The molecule has 0 bridgehead atoms. The van der Waals surface area contributed by atoms with Gasteiger partial charge >= 0.3 is 0 Å². The van der Waals surface area contributed by atoms with E-state index in [4.69, 9.17) is 5.73 Å². The van der Waals surface area contributed by atoms with E-state index < -0.39 is 0 Å². The van der Waals surface area contributed by atoms with Crippen LogP contribution in [-0.4, -0.2) is 0 Å². The first kappa shape index (κ1) is 12.6. The van der Waals surface area contributed by atoms with Crippen molar-refractivity contribution in [3.63, 3.8) is 0 Å². The topological polar surface area (TPSA) is 26.0 Å². The summed E-state index contributed by atoms with van der Waals surface area (Å²) < 4.78 is 0. The smallest absolute Gasteiger partial charge is 0.0415 e. The minimum absolute atomic E-state index is 0.0952. The van der Waals surface area contributed by atoms with Crippen LogP contribution in [0.15, 0.2) is 18.2 Å². The molecule has 1 aliphatic carbocycles. The number of benzene rings is 1. The standard InChI is InChI=1S/C16H25N/c1-11-8-9-16(17,10-13(11)3)15-7-5-6-12(2)14(15)4/h5-7,11,13H,8-10,17H2,1-4H3. The molecule has 0 radical (unpaired) electrons. The second kappa shape index (κ2) is 4.45. The summed E-state index contributed by atoms with van der Waals surface area (Å²) in [6.45, 7) is 9.09. The number of hydrogen-bond acceptors (Lipinski definition) is 1. The summed E-state index contributed by atoms with van der Waals surface area (Å²) in [7, 11) is 0. The summed E-state index contributed by atoms with van der Waals surface area (Å²) in [6, 6.07) is 6.55. The van der Waals surface area contributed by atoms with Crippen LogP contribution in [0.25, 0.3) is 0 Å². The van der Waals surface area contributed by atoms with Gasteiger partial charge < -0.3 is 5.73 Å². The van der Waals surface area contributed by atoms with Crippen LogP contribution in [0.1, 0.15) is 49.8 Å². The molecule has 3 atom stereocenters. The van der Waals surface area contributed by atoms with Crippen molar-refractivity contribution >= 4 is 0 Å². The molecule has 2 rings (SSSR count). The Labute approximate surface area is 105 Å². The van der Waals surface area contributed by atoms with Gasteiger partial charge in [-0.15, -0.1) is 0 Å². The van der Waals surface area contributed by atoms with E-state index in [-0.39, 0.29) is 5.54 Å². The van der Waals surface area contributed by atoms with Crippen LogP contribution < -0.4 is 5.73 Å². The van der Waals surface area contributed by atoms with Crippen LogP contribution in [0.2, 0.25) is 0 Å². The molecule has 0 aliphatic heterocycles. The van der Waals surface area contributed by atoms with E-state index >= 15 is 0 Å². The Kier molecular flexibility index (Phi) is 3.31. The fraction of sp³-hybridized carbons (Fsp3) is 0.625. The molecule has 1 heteroatoms. The third-order valence-corrected chi connectivity index (χ3v) is 4.84. The van der Waals surface area contributed by atoms with E-state index in [1.165, 1.54) is 23.1 Å². The number of rotatable bonds is 1. The molecule has 0 spiro atoms. The molecule has 1 nitrogen and oxygen atoms in total. The van der Waals surface area contributed by atoms with Gasteiger partial charge in [-0.05, 0) is 61.6 Å². The average molecular weight is 231 g/mol. The minimum Gasteiger partial charge on any atom is -0.321 e. The zero-order valence-corrected chi connectivity index (χ0v) is 11.6. The monoisotopic (exact) mass is 231 g/mol. The van der Waals surface area contributed by atoms with Gasteiger partial charge in [-0.1, -0.05) is 32.0 Å². The summed E-state index contributed by atoms with van der Waals surface area (Å²) >= 11 is 0. The van der Waals surface area contributed by atoms with Crippen LogP contribution in [0.3, 0.4) is 0 Å². The molecule has 3 unspecified atom stereocenters. The maximum atomic E-state index is 6.70. The summed E-state index contributed by atoms with van der Waals surface area (Å²) in [5, 5.41) is 0. The summed E-state index contributed by atoms with van der Waals surface area (Å²) in [6.07, 6.45) is 3.51. The minimum atomic E-state index is -0.0952. The van der Waals surface area contributed by atoms with Crippen molar-refractivity contribution in [2.45, 2.75) is 52.5 Å². The summed E-state index contributed by atoms with van der Waals surface area (Å²) in [5.74, 6) is 1.55. The number of aryl methyl sites for hydroxylation is 1. The molecule has 94 valence electrons. The summed E-state index contributed by atoms with van der Waals surface area (Å²) in [4.78, 5) is 0. The Hall–Kier alpha value is -0.820. The SMILES string of the molecule is Cc1cccc(C2(N)CCC(C)C(C)C2)c1C. The fourth-order valence-electron chi connectivity index (χ4n) is 3.18. The lowest BCUT2D eigenvalue weighted by Gasteiger charge is -2.41. The third-order valence-electron chi connectivity index (χ3n) is 4.84. The zero-order valence-electron chi connectivity index (χ0n) is 11.6. The van der Waals surface area contributed by atoms with Gasteiger partial charge in [0.05, 0.1) is 0 Å². The highest BCUT2D eigenvalue weighted by molar-refractivity contribution is 5.38. The van der Waals surface area contributed by atoms with Gasteiger partial charge in [-0.2, -0.15) is 0 Å². The maximum absolute atomic E-state index is 6.70. The summed E-state index contributed by atoms with van der Waals surface area (Å²) in [5.41, 5.74) is 10.7. The first-order valence-corrected chi connectivity index (χ1v) is 6.79. The van der Waals surface area contributed by atoms with Crippen molar-refractivity contribution in [3.8, 4) is 0 Å². The molecule has 1 fully saturated rings. The second-order valence-corrected chi connectivity index (χ2v) is 6.10. The lowest BCUT2D eigenvalue weighted by Crippen LogP contribution is -2.43. The number of hydrogen-bond donors (Lipinski definition) is 1. The Balaban J connectivity index is 2.35. The van der Waals surface area contributed by atoms with Crippen molar-refractivity contribution in [1.82, 2.24) is 0 Å². The van der Waals surface area contributed by atoms with Crippen molar-refractivity contribution in [2.24, 2.45) is 17.6 Å². The van der Waals surface area contributed by atoms with Gasteiger partial charge in [-0.25, -0.2) is 0 Å². The van der Waals surface area contributed by atoms with Crippen LogP contribution >= 0.6 is 0 Å². The highest BCUT2D eigenvalue weighted by atomic mass is 14.8. The molecule has 2 N–H and O–H groups in total. The molecular formula is C16H25N. The van der Waals surface area contributed by atoms with Crippen molar-refractivity contribution in [3.05, 3.63) is 34.9 Å². The first-order chi connectivity index (χ1) is 7.94. The molecular weight excluding hydrogens is 206 g/mol. The first-order valence-electron chi connectivity index (χ1n) is 6.79. The van der Waals surface area contributed by atoms with E-state index in [0.717, 1.165) is 24.7 Å². The molecule has 0 saturated heterocycles. The lowest BCUT2D eigenvalue weighted by atomic mass is 9.68. The Morgan fingerprint density at radius 2 is 1.88 bits per heavy atom. The highest BCUT2D eigenvalue weighted by Gasteiger charge is 2.36. The molecule has 0 aromatic heterocycles. The van der Waals surface area contributed by atoms with E-state index in [1.54, 1.807) is 0 Å². The van der Waals surface area contributed by atoms with Crippen molar-refractivity contribution in [1.29, 1.82) is 0 Å². The second-order valence-electron chi connectivity index (χ2n) is 6.10. The highest BCUT2D eigenvalue weighted by Crippen LogP contribution is 2.41. The van der Waals surface area contributed by atoms with E-state index in [2.05, 4.69) is 45.9 Å². The molecule has 1 aliphatic rings. The lowest BCUT2D eigenvalue weighted by molar-refractivity contribution is 0.176. The van der Waals surface area contributed by atoms with Crippen LogP contribution in [-0.2, 0) is 5.54 Å². The van der Waals surface area contributed by atoms with Crippen molar-refractivity contribution in [2.75, 3.05) is 0 Å². The van der Waals surface area contributed by atoms with Gasteiger partial charge in [0.2, 0.25) is 0 Å². The van der Waals surface area contributed by atoms with E-state index in [9.17, 15) is 0 Å². The van der Waals surface area contributed by atoms with Gasteiger partial charge in [0.25, 0.3) is 0 Å². The predicted octanol–water partition coefficient (Wildman–Crippen LogP) is 3.91. The third kappa shape index (κ3) is 2.26. The van der Waals surface area contributed by atoms with E-state index in [1.807, 2.05) is 0 Å². The zero-order chi connectivity index (χ0) is 12.6. The van der Waals surface area contributed by atoms with Gasteiger partial charge in [0.15, 0.2) is 0 Å². The van der Waals surface area contributed by atoms with E-state index in [0.29, 0.717) is 0 Å². The van der Waals surface area contributed by atoms with Crippen molar-refractivity contribution < 1.29 is 0 Å². The molecule has 1 aromatic carbocycles. The Morgan fingerprint density at radius 3 is 2.53 bits per heavy atom. The molecule has 0 amide bonds. The average Bonchev–Trinajstić information content (AvgIpc) is 2.28. The predicted molar refractivity (Wildman–Crippen MR) is 74.0 cm³/mol. The molecule has 1 saturated carbocycles. The molecule has 17 heavy (non-hydrogen) atoms. The molecule has 1 aromatic rings. The maximum Gasteiger partial charge on any atom is 0.0415 e. The van der Waals surface area contributed by atoms with Crippen LogP contribution in [0, 0.1) is 25.7 Å². The van der Waals surface area contributed by atoms with Crippen LogP contribution in [0.5, 0.6) is 0 Å². The normalized spacial score (nSPS) is 33.7.